The van der Waals surface area contributed by atoms with E-state index < -0.39 is 0 Å². The van der Waals surface area contributed by atoms with Crippen LogP contribution in [-0.2, 0) is 0 Å². The van der Waals surface area contributed by atoms with E-state index in [2.05, 4.69) is 30.9 Å². The number of hydrogen-bond donors (Lipinski definition) is 0. The zero-order valence-electron chi connectivity index (χ0n) is 7.28. The summed E-state index contributed by atoms with van der Waals surface area (Å²) in [5, 5.41) is 0. The number of aromatic nitrogens is 1. The molecule has 0 amide bonds. The Morgan fingerprint density at radius 1 is 1.36 bits per heavy atom. The Labute approximate surface area is 67.9 Å². The van der Waals surface area contributed by atoms with E-state index in [9.17, 15) is 0 Å². The van der Waals surface area contributed by atoms with E-state index in [1.54, 1.807) is 0 Å². The Kier molecular flexibility index (Phi) is 2.60. The van der Waals surface area contributed by atoms with Crippen molar-refractivity contribution in [2.45, 2.75) is 13.0 Å². The van der Waals surface area contributed by atoms with E-state index >= 15 is 0 Å². The van der Waals surface area contributed by atoms with E-state index in [-0.39, 0.29) is 0 Å². The molecule has 0 aliphatic heterocycles. The maximum absolute atomic E-state index is 4.26. The number of pyridine rings is 1. The molecule has 1 heterocycles. The van der Waals surface area contributed by atoms with E-state index in [4.69, 9.17) is 0 Å². The van der Waals surface area contributed by atoms with Crippen LogP contribution in [0, 0.1) is 0 Å². The molecule has 2 nitrogen and oxygen atoms in total. The Morgan fingerprint density at radius 2 is 2.09 bits per heavy atom. The maximum Gasteiger partial charge on any atom is 0.0572 e. The van der Waals surface area contributed by atoms with Gasteiger partial charge in [-0.1, -0.05) is 6.07 Å². The average molecular weight is 150 g/mol. The van der Waals surface area contributed by atoms with Crippen LogP contribution in [0.2, 0.25) is 0 Å². The summed E-state index contributed by atoms with van der Waals surface area (Å²) in [6.45, 7) is 2.14. The van der Waals surface area contributed by atoms with E-state index in [0.717, 1.165) is 5.69 Å². The summed E-state index contributed by atoms with van der Waals surface area (Å²) >= 11 is 0. The number of hydrogen-bond acceptors (Lipinski definition) is 2. The molecule has 0 aliphatic carbocycles. The van der Waals surface area contributed by atoms with Crippen LogP contribution in [0.4, 0.5) is 0 Å². The summed E-state index contributed by atoms with van der Waals surface area (Å²) in [5.74, 6) is 0. The van der Waals surface area contributed by atoms with Crippen LogP contribution in [0.25, 0.3) is 0 Å². The van der Waals surface area contributed by atoms with Crippen molar-refractivity contribution >= 4 is 0 Å². The molecular weight excluding hydrogens is 136 g/mol. The Hall–Kier alpha value is -0.890. The lowest BCUT2D eigenvalue weighted by atomic mass is 10.2. The van der Waals surface area contributed by atoms with Gasteiger partial charge in [0, 0.05) is 12.2 Å². The topological polar surface area (TPSA) is 16.1 Å². The smallest absolute Gasteiger partial charge is 0.0572 e. The second-order valence-corrected chi connectivity index (χ2v) is 2.89. The van der Waals surface area contributed by atoms with Crippen LogP contribution in [0.15, 0.2) is 24.4 Å². The summed E-state index contributed by atoms with van der Waals surface area (Å²) in [6.07, 6.45) is 1.83. The lowest BCUT2D eigenvalue weighted by Crippen LogP contribution is -2.17. The molecule has 0 radical (unpaired) electrons. The van der Waals surface area contributed by atoms with Crippen LogP contribution in [0.1, 0.15) is 18.7 Å². The summed E-state index contributed by atoms with van der Waals surface area (Å²) in [4.78, 5) is 6.40. The molecule has 0 unspecified atom stereocenters. The fraction of sp³-hybridized carbons (Fsp3) is 0.444. The van der Waals surface area contributed by atoms with Gasteiger partial charge in [0.2, 0.25) is 0 Å². The lowest BCUT2D eigenvalue weighted by Gasteiger charge is -2.18. The fourth-order valence-electron chi connectivity index (χ4n) is 0.888. The molecule has 1 aromatic heterocycles. The van der Waals surface area contributed by atoms with Crippen molar-refractivity contribution in [1.29, 1.82) is 0 Å². The van der Waals surface area contributed by atoms with Gasteiger partial charge in [-0.25, -0.2) is 0 Å². The van der Waals surface area contributed by atoms with Crippen molar-refractivity contribution < 1.29 is 0 Å². The van der Waals surface area contributed by atoms with Gasteiger partial charge in [-0.2, -0.15) is 0 Å². The minimum absolute atomic E-state index is 0.399. The van der Waals surface area contributed by atoms with Gasteiger partial charge >= 0.3 is 0 Å². The van der Waals surface area contributed by atoms with Gasteiger partial charge in [-0.15, -0.1) is 0 Å². The molecule has 0 aromatic carbocycles. The molecule has 0 fully saturated rings. The third-order valence-electron chi connectivity index (χ3n) is 1.89. The largest absolute Gasteiger partial charge is 0.301 e. The van der Waals surface area contributed by atoms with Gasteiger partial charge in [-0.05, 0) is 33.2 Å². The third kappa shape index (κ3) is 2.02. The lowest BCUT2D eigenvalue weighted by molar-refractivity contribution is 0.315. The van der Waals surface area contributed by atoms with Gasteiger partial charge in [0.25, 0.3) is 0 Å². The second kappa shape index (κ2) is 3.49. The molecule has 60 valence electrons. The zero-order valence-corrected chi connectivity index (χ0v) is 7.28. The molecule has 1 aromatic rings. The van der Waals surface area contributed by atoms with Gasteiger partial charge in [0.05, 0.1) is 5.69 Å². The van der Waals surface area contributed by atoms with Crippen LogP contribution in [0.5, 0.6) is 0 Å². The van der Waals surface area contributed by atoms with Crippen LogP contribution < -0.4 is 0 Å². The molecule has 0 aliphatic rings. The quantitative estimate of drug-likeness (QED) is 0.638. The normalized spacial score (nSPS) is 13.5. The molecule has 0 saturated carbocycles. The first kappa shape index (κ1) is 8.21. The molecule has 0 saturated heterocycles. The Balaban J connectivity index is 2.77. The second-order valence-electron chi connectivity index (χ2n) is 2.89. The van der Waals surface area contributed by atoms with Crippen LogP contribution in [-0.4, -0.2) is 24.0 Å². The molecule has 1 rings (SSSR count). The molecule has 11 heavy (non-hydrogen) atoms. The minimum atomic E-state index is 0.399. The highest BCUT2D eigenvalue weighted by Gasteiger charge is 2.06. The molecule has 0 spiro atoms. The number of nitrogens with zero attached hydrogens (tertiary/aromatic N) is 2. The first-order chi connectivity index (χ1) is 5.22. The van der Waals surface area contributed by atoms with E-state index in [1.807, 2.05) is 24.4 Å². The molecule has 1 atom stereocenters. The van der Waals surface area contributed by atoms with Crippen molar-refractivity contribution in [2.24, 2.45) is 0 Å². The van der Waals surface area contributed by atoms with E-state index in [0.29, 0.717) is 6.04 Å². The van der Waals surface area contributed by atoms with E-state index in [1.165, 1.54) is 0 Å². The van der Waals surface area contributed by atoms with Gasteiger partial charge in [0.15, 0.2) is 0 Å². The van der Waals surface area contributed by atoms with Gasteiger partial charge < -0.3 is 4.90 Å². The van der Waals surface area contributed by atoms with Crippen molar-refractivity contribution in [3.8, 4) is 0 Å². The Bertz CT molecular complexity index is 206. The predicted octanol–water partition coefficient (Wildman–Crippen LogP) is 1.70. The van der Waals surface area contributed by atoms with Gasteiger partial charge in [0.1, 0.15) is 0 Å². The summed E-state index contributed by atoms with van der Waals surface area (Å²) in [5.41, 5.74) is 1.12. The molecule has 0 N–H and O–H groups in total. The Morgan fingerprint density at radius 3 is 2.55 bits per heavy atom. The standard InChI is InChI=1S/C9H14N2/c1-8(11(2)3)9-6-4-5-7-10-9/h4-8H,1-3H3/t8-/m0/s1. The number of rotatable bonds is 2. The highest BCUT2D eigenvalue weighted by atomic mass is 15.1. The predicted molar refractivity (Wildman–Crippen MR) is 46.3 cm³/mol. The maximum atomic E-state index is 4.26. The highest BCUT2D eigenvalue weighted by molar-refractivity contribution is 5.07. The van der Waals surface area contributed by atoms with Crippen molar-refractivity contribution in [3.63, 3.8) is 0 Å². The van der Waals surface area contributed by atoms with Crippen molar-refractivity contribution in [1.82, 2.24) is 9.88 Å². The summed E-state index contributed by atoms with van der Waals surface area (Å²) in [7, 11) is 4.11. The summed E-state index contributed by atoms with van der Waals surface area (Å²) < 4.78 is 0. The first-order valence-corrected chi connectivity index (χ1v) is 3.79. The first-order valence-electron chi connectivity index (χ1n) is 3.79. The van der Waals surface area contributed by atoms with Crippen LogP contribution in [0.3, 0.4) is 0 Å². The highest BCUT2D eigenvalue weighted by Crippen LogP contribution is 2.12. The van der Waals surface area contributed by atoms with Crippen molar-refractivity contribution in [3.05, 3.63) is 30.1 Å². The summed E-state index contributed by atoms with van der Waals surface area (Å²) in [6, 6.07) is 6.40. The molecule has 0 bridgehead atoms. The van der Waals surface area contributed by atoms with Crippen LogP contribution >= 0.6 is 0 Å². The molecule has 2 heteroatoms. The van der Waals surface area contributed by atoms with Gasteiger partial charge in [-0.3, -0.25) is 4.98 Å². The molecular formula is C9H14N2. The monoisotopic (exact) mass is 150 g/mol. The average Bonchev–Trinajstić information content (AvgIpc) is 2.05. The third-order valence-corrected chi connectivity index (χ3v) is 1.89. The SMILES string of the molecule is C[C@@H](c1ccccn1)N(C)C. The fourth-order valence-corrected chi connectivity index (χ4v) is 0.888. The zero-order chi connectivity index (χ0) is 8.27. The van der Waals surface area contributed by atoms with Crippen molar-refractivity contribution in [2.75, 3.05) is 14.1 Å². The minimum Gasteiger partial charge on any atom is -0.301 e.